The third-order valence-electron chi connectivity index (χ3n) is 9.62. The Balaban J connectivity index is 1.15. The summed E-state index contributed by atoms with van der Waals surface area (Å²) in [5.74, 6) is 2.20. The van der Waals surface area contributed by atoms with Gasteiger partial charge in [-0.25, -0.2) is 4.39 Å². The van der Waals surface area contributed by atoms with Gasteiger partial charge in [0.05, 0.1) is 12.2 Å². The van der Waals surface area contributed by atoms with Gasteiger partial charge in [-0.15, -0.1) is 0 Å². The van der Waals surface area contributed by atoms with Gasteiger partial charge in [0.2, 0.25) is 0 Å². The monoisotopic (exact) mass is 552 g/mol. The molecule has 2 nitrogen and oxygen atoms in total. The lowest BCUT2D eigenvalue weighted by atomic mass is 9.72. The standard InChI is InChI=1S/C34H36F4O2/c1-3-28-23(17-24-18-30(24)28)15-21(2)40-20-25-16-22(7-10-32(25)35)29-9-8-27(19-31(29)34(36,37)38)39-14-13-33(11-12-33)26-5-4-6-26/h3,7-10,15-16,19,24,26,30H,2,4-6,11-14,17-18,20H2,1H3/b23-15-,28-3+. The molecule has 2 unspecified atom stereocenters. The first-order chi connectivity index (χ1) is 19.2. The normalized spacial score (nSPS) is 25.0. The van der Waals surface area contributed by atoms with Crippen molar-refractivity contribution in [3.8, 4) is 16.9 Å². The van der Waals surface area contributed by atoms with Crippen LogP contribution in [0, 0.1) is 29.0 Å². The van der Waals surface area contributed by atoms with E-state index >= 15 is 0 Å². The summed E-state index contributed by atoms with van der Waals surface area (Å²) in [5, 5.41) is 0. The molecule has 0 amide bonds. The van der Waals surface area contributed by atoms with Gasteiger partial charge in [-0.05, 0) is 128 Å². The van der Waals surface area contributed by atoms with Gasteiger partial charge >= 0.3 is 6.18 Å². The Bertz CT molecular complexity index is 1360. The number of ether oxygens (including phenoxy) is 2. The Morgan fingerprint density at radius 1 is 1.12 bits per heavy atom. The fourth-order valence-electron chi connectivity index (χ4n) is 6.81. The molecule has 0 heterocycles. The number of alkyl halides is 3. The molecular weight excluding hydrogens is 516 g/mol. The molecule has 2 atom stereocenters. The van der Waals surface area contributed by atoms with Crippen molar-refractivity contribution in [2.24, 2.45) is 23.2 Å². The lowest BCUT2D eigenvalue weighted by molar-refractivity contribution is -0.137. The van der Waals surface area contributed by atoms with Crippen LogP contribution in [0.15, 0.2) is 72.0 Å². The molecule has 0 aliphatic heterocycles. The molecule has 4 aliphatic carbocycles. The molecule has 4 fully saturated rings. The zero-order valence-corrected chi connectivity index (χ0v) is 23.0. The van der Waals surface area contributed by atoms with Crippen molar-refractivity contribution in [2.45, 2.75) is 71.1 Å². The second-order valence-electron chi connectivity index (χ2n) is 12.1. The van der Waals surface area contributed by atoms with Gasteiger partial charge in [0, 0.05) is 5.56 Å². The van der Waals surface area contributed by atoms with Crippen molar-refractivity contribution in [1.82, 2.24) is 0 Å². The molecule has 40 heavy (non-hydrogen) atoms. The van der Waals surface area contributed by atoms with Crippen molar-refractivity contribution < 1.29 is 27.0 Å². The number of rotatable bonds is 10. The molecule has 4 aliphatic rings. The van der Waals surface area contributed by atoms with E-state index in [1.54, 1.807) is 6.07 Å². The van der Waals surface area contributed by atoms with Crippen LogP contribution < -0.4 is 4.74 Å². The summed E-state index contributed by atoms with van der Waals surface area (Å²) in [4.78, 5) is 0. The molecule has 4 saturated carbocycles. The third kappa shape index (κ3) is 5.46. The van der Waals surface area contributed by atoms with E-state index in [4.69, 9.17) is 9.47 Å². The predicted octanol–water partition coefficient (Wildman–Crippen LogP) is 9.80. The molecular formula is C34H36F4O2. The van der Waals surface area contributed by atoms with Crippen LogP contribution in [-0.4, -0.2) is 6.61 Å². The van der Waals surface area contributed by atoms with E-state index in [9.17, 15) is 17.6 Å². The summed E-state index contributed by atoms with van der Waals surface area (Å²) >= 11 is 0. The summed E-state index contributed by atoms with van der Waals surface area (Å²) in [6, 6.07) is 8.06. The van der Waals surface area contributed by atoms with Crippen LogP contribution >= 0.6 is 0 Å². The summed E-state index contributed by atoms with van der Waals surface area (Å²) in [7, 11) is 0. The molecule has 0 radical (unpaired) electrons. The minimum atomic E-state index is -4.59. The van der Waals surface area contributed by atoms with Crippen LogP contribution in [0.3, 0.4) is 0 Å². The molecule has 0 spiro atoms. The molecule has 0 aromatic heterocycles. The van der Waals surface area contributed by atoms with Gasteiger partial charge < -0.3 is 9.47 Å². The van der Waals surface area contributed by atoms with Crippen molar-refractivity contribution >= 4 is 0 Å². The number of fused-ring (bicyclic) bond motifs is 1. The van der Waals surface area contributed by atoms with Crippen LogP contribution in [0.4, 0.5) is 17.6 Å². The molecule has 212 valence electrons. The smallest absolute Gasteiger partial charge is 0.417 e. The Morgan fingerprint density at radius 3 is 2.60 bits per heavy atom. The summed E-state index contributed by atoms with van der Waals surface area (Å²) in [6.45, 7) is 6.29. The number of allylic oxidation sites excluding steroid dienone is 4. The van der Waals surface area contributed by atoms with Crippen molar-refractivity contribution in [2.75, 3.05) is 6.61 Å². The topological polar surface area (TPSA) is 18.5 Å². The highest BCUT2D eigenvalue weighted by Gasteiger charge is 2.50. The first-order valence-electron chi connectivity index (χ1n) is 14.5. The fraction of sp³-hybridized carbons (Fsp3) is 0.471. The first-order valence-corrected chi connectivity index (χ1v) is 14.5. The summed E-state index contributed by atoms with van der Waals surface area (Å²) in [6.07, 6.45) is 8.79. The fourth-order valence-corrected chi connectivity index (χ4v) is 6.81. The van der Waals surface area contributed by atoms with E-state index in [-0.39, 0.29) is 29.0 Å². The number of benzene rings is 2. The van der Waals surface area contributed by atoms with E-state index in [1.807, 2.05) is 13.0 Å². The molecule has 6 rings (SSSR count). The maximum absolute atomic E-state index is 14.7. The van der Waals surface area contributed by atoms with Crippen molar-refractivity contribution in [3.63, 3.8) is 0 Å². The highest BCUT2D eigenvalue weighted by Crippen LogP contribution is 2.61. The van der Waals surface area contributed by atoms with Gasteiger partial charge in [0.1, 0.15) is 23.9 Å². The van der Waals surface area contributed by atoms with E-state index in [0.29, 0.717) is 29.6 Å². The average Bonchev–Trinajstić information content (AvgIpc) is 3.80. The molecule has 0 bridgehead atoms. The molecule has 0 N–H and O–H groups in total. The van der Waals surface area contributed by atoms with Crippen LogP contribution in [-0.2, 0) is 17.5 Å². The van der Waals surface area contributed by atoms with Crippen LogP contribution in [0.5, 0.6) is 5.75 Å². The minimum Gasteiger partial charge on any atom is -0.494 e. The van der Waals surface area contributed by atoms with Crippen LogP contribution in [0.2, 0.25) is 0 Å². The van der Waals surface area contributed by atoms with E-state index in [1.165, 1.54) is 73.9 Å². The minimum absolute atomic E-state index is 0.0157. The second-order valence-corrected chi connectivity index (χ2v) is 12.1. The molecule has 2 aromatic rings. The quantitative estimate of drug-likeness (QED) is 0.216. The molecule has 6 heteroatoms. The third-order valence-corrected chi connectivity index (χ3v) is 9.62. The number of halogens is 4. The van der Waals surface area contributed by atoms with Gasteiger partial charge in [-0.3, -0.25) is 0 Å². The predicted molar refractivity (Wildman–Crippen MR) is 148 cm³/mol. The highest BCUT2D eigenvalue weighted by atomic mass is 19.4. The van der Waals surface area contributed by atoms with Crippen molar-refractivity contribution in [1.29, 1.82) is 0 Å². The largest absolute Gasteiger partial charge is 0.494 e. The Labute approximate surface area is 233 Å². The Morgan fingerprint density at radius 2 is 1.93 bits per heavy atom. The summed E-state index contributed by atoms with van der Waals surface area (Å²) in [5.41, 5.74) is 2.53. The van der Waals surface area contributed by atoms with Gasteiger partial charge in [-0.2, -0.15) is 13.2 Å². The highest BCUT2D eigenvalue weighted by molar-refractivity contribution is 5.70. The van der Waals surface area contributed by atoms with E-state index < -0.39 is 17.6 Å². The van der Waals surface area contributed by atoms with E-state index in [0.717, 1.165) is 24.8 Å². The first kappa shape index (κ1) is 27.2. The van der Waals surface area contributed by atoms with Crippen LogP contribution in [0.25, 0.3) is 11.1 Å². The lowest BCUT2D eigenvalue weighted by Gasteiger charge is -2.34. The maximum Gasteiger partial charge on any atom is 0.417 e. The van der Waals surface area contributed by atoms with E-state index in [2.05, 4.69) is 12.7 Å². The molecule has 0 saturated heterocycles. The van der Waals surface area contributed by atoms with Gasteiger partial charge in [-0.1, -0.05) is 31.2 Å². The van der Waals surface area contributed by atoms with Gasteiger partial charge in [0.15, 0.2) is 0 Å². The Kier molecular flexibility index (Phi) is 7.08. The maximum atomic E-state index is 14.7. The van der Waals surface area contributed by atoms with Crippen molar-refractivity contribution in [3.05, 3.63) is 89.0 Å². The SMILES string of the molecule is C=C(/C=C1/CC2CC2/C1=C/C)OCc1cc(-c2ccc(OCCC3(C4CCC4)CC3)cc2C(F)(F)F)ccc1F. The second kappa shape index (κ2) is 10.4. The zero-order chi connectivity index (χ0) is 28.1. The number of hydrogen-bond donors (Lipinski definition) is 0. The lowest BCUT2D eigenvalue weighted by Crippen LogP contribution is -2.25. The average molecular weight is 553 g/mol. The zero-order valence-electron chi connectivity index (χ0n) is 23.0. The van der Waals surface area contributed by atoms with Crippen LogP contribution in [0.1, 0.15) is 69.4 Å². The Hall–Kier alpha value is -3.02. The van der Waals surface area contributed by atoms with Gasteiger partial charge in [0.25, 0.3) is 0 Å². The number of hydrogen-bond acceptors (Lipinski definition) is 2. The molecule has 2 aromatic carbocycles. The summed E-state index contributed by atoms with van der Waals surface area (Å²) < 4.78 is 68.6.